The van der Waals surface area contributed by atoms with Gasteiger partial charge < -0.3 is 15.8 Å². The van der Waals surface area contributed by atoms with Gasteiger partial charge in [0.25, 0.3) is 5.91 Å². The highest BCUT2D eigenvalue weighted by Gasteiger charge is 2.14. The van der Waals surface area contributed by atoms with E-state index in [0.29, 0.717) is 23.9 Å². The van der Waals surface area contributed by atoms with Crippen molar-refractivity contribution >= 4 is 17.5 Å². The highest BCUT2D eigenvalue weighted by molar-refractivity contribution is 6.31. The fourth-order valence-electron chi connectivity index (χ4n) is 1.41. The molecule has 0 bridgehead atoms. The van der Waals surface area contributed by atoms with Crippen molar-refractivity contribution in [3.63, 3.8) is 0 Å². The molecule has 5 heteroatoms. The minimum atomic E-state index is -0.539. The summed E-state index contributed by atoms with van der Waals surface area (Å²) in [6.45, 7) is 4.73. The molecule has 0 aromatic heterocycles. The Kier molecular flexibility index (Phi) is 5.95. The normalized spacial score (nSPS) is 12.0. The summed E-state index contributed by atoms with van der Waals surface area (Å²) in [6.07, 6.45) is 0.224. The lowest BCUT2D eigenvalue weighted by atomic mass is 10.2. The molecule has 18 heavy (non-hydrogen) atoms. The number of hydrogen-bond acceptors (Lipinski definition) is 3. The van der Waals surface area contributed by atoms with Gasteiger partial charge in [0, 0.05) is 11.6 Å². The topological polar surface area (TPSA) is 64.3 Å². The Labute approximate surface area is 112 Å². The van der Waals surface area contributed by atoms with Crippen LogP contribution >= 0.6 is 11.6 Å². The average molecular weight is 271 g/mol. The first kappa shape index (κ1) is 14.8. The van der Waals surface area contributed by atoms with Gasteiger partial charge >= 0.3 is 0 Å². The van der Waals surface area contributed by atoms with Gasteiger partial charge in [-0.25, -0.2) is 0 Å². The number of carbonyl (C=O) groups is 1. The molecular weight excluding hydrogens is 252 g/mol. The van der Waals surface area contributed by atoms with Crippen molar-refractivity contribution in [3.05, 3.63) is 28.8 Å². The summed E-state index contributed by atoms with van der Waals surface area (Å²) >= 11 is 5.92. The van der Waals surface area contributed by atoms with Crippen LogP contribution in [0.3, 0.4) is 0 Å². The Morgan fingerprint density at radius 1 is 1.56 bits per heavy atom. The molecule has 0 heterocycles. The van der Waals surface area contributed by atoms with E-state index in [2.05, 4.69) is 5.32 Å². The SMILES string of the molecule is Cc1cc(OC(C)C(=O)NCCCN)ccc1Cl. The van der Waals surface area contributed by atoms with E-state index in [9.17, 15) is 4.79 Å². The third kappa shape index (κ3) is 4.55. The van der Waals surface area contributed by atoms with Gasteiger partial charge in [-0.2, -0.15) is 0 Å². The monoisotopic (exact) mass is 270 g/mol. The van der Waals surface area contributed by atoms with Crippen molar-refractivity contribution in [2.45, 2.75) is 26.4 Å². The van der Waals surface area contributed by atoms with E-state index in [0.717, 1.165) is 12.0 Å². The van der Waals surface area contributed by atoms with E-state index >= 15 is 0 Å². The lowest BCUT2D eigenvalue weighted by molar-refractivity contribution is -0.127. The molecule has 0 aliphatic heterocycles. The smallest absolute Gasteiger partial charge is 0.260 e. The fraction of sp³-hybridized carbons (Fsp3) is 0.462. The second-order valence-electron chi connectivity index (χ2n) is 4.10. The van der Waals surface area contributed by atoms with Crippen LogP contribution in [0.15, 0.2) is 18.2 Å². The molecule has 1 aromatic rings. The van der Waals surface area contributed by atoms with Crippen molar-refractivity contribution < 1.29 is 9.53 Å². The molecule has 0 saturated heterocycles. The van der Waals surface area contributed by atoms with Crippen LogP contribution in [0.25, 0.3) is 0 Å². The van der Waals surface area contributed by atoms with E-state index in [1.807, 2.05) is 13.0 Å². The van der Waals surface area contributed by atoms with Crippen molar-refractivity contribution in [3.8, 4) is 5.75 Å². The van der Waals surface area contributed by atoms with Crippen LogP contribution in [0.1, 0.15) is 18.9 Å². The fourth-order valence-corrected chi connectivity index (χ4v) is 1.52. The lowest BCUT2D eigenvalue weighted by Gasteiger charge is -2.15. The van der Waals surface area contributed by atoms with Gasteiger partial charge in [-0.15, -0.1) is 0 Å². The second-order valence-corrected chi connectivity index (χ2v) is 4.51. The van der Waals surface area contributed by atoms with Gasteiger partial charge in [0.15, 0.2) is 6.10 Å². The largest absolute Gasteiger partial charge is 0.481 e. The summed E-state index contributed by atoms with van der Waals surface area (Å²) in [5.74, 6) is 0.495. The van der Waals surface area contributed by atoms with Gasteiger partial charge in [-0.1, -0.05) is 11.6 Å². The summed E-state index contributed by atoms with van der Waals surface area (Å²) in [5, 5.41) is 3.44. The number of aryl methyl sites for hydroxylation is 1. The minimum Gasteiger partial charge on any atom is -0.481 e. The summed E-state index contributed by atoms with van der Waals surface area (Å²) < 4.78 is 5.54. The Balaban J connectivity index is 2.50. The predicted molar refractivity (Wildman–Crippen MR) is 73.0 cm³/mol. The Bertz CT molecular complexity index is 410. The average Bonchev–Trinajstić information content (AvgIpc) is 2.34. The van der Waals surface area contributed by atoms with Crippen LogP contribution in [-0.4, -0.2) is 25.1 Å². The third-order valence-electron chi connectivity index (χ3n) is 2.49. The van der Waals surface area contributed by atoms with E-state index in [4.69, 9.17) is 22.1 Å². The number of benzene rings is 1. The van der Waals surface area contributed by atoms with Crippen LogP contribution in [0.4, 0.5) is 0 Å². The number of rotatable bonds is 6. The number of carbonyl (C=O) groups excluding carboxylic acids is 1. The van der Waals surface area contributed by atoms with Crippen molar-refractivity contribution in [2.24, 2.45) is 5.73 Å². The molecule has 1 amide bonds. The number of halogens is 1. The number of hydrogen-bond donors (Lipinski definition) is 2. The standard InChI is InChI=1S/C13H19ClN2O2/c1-9-8-11(4-5-12(9)14)18-10(2)13(17)16-7-3-6-15/h4-5,8,10H,3,6-7,15H2,1-2H3,(H,16,17). The first-order chi connectivity index (χ1) is 8.54. The van der Waals surface area contributed by atoms with Crippen molar-refractivity contribution in [1.82, 2.24) is 5.32 Å². The van der Waals surface area contributed by atoms with E-state index in [1.165, 1.54) is 0 Å². The number of nitrogens with one attached hydrogen (secondary N) is 1. The van der Waals surface area contributed by atoms with Gasteiger partial charge in [0.2, 0.25) is 0 Å². The van der Waals surface area contributed by atoms with Crippen LogP contribution < -0.4 is 15.8 Å². The summed E-state index contributed by atoms with van der Waals surface area (Å²) in [7, 11) is 0. The summed E-state index contributed by atoms with van der Waals surface area (Å²) in [4.78, 5) is 11.7. The molecule has 0 saturated carbocycles. The van der Waals surface area contributed by atoms with Gasteiger partial charge in [-0.3, -0.25) is 4.79 Å². The third-order valence-corrected chi connectivity index (χ3v) is 2.92. The molecule has 1 unspecified atom stereocenters. The second kappa shape index (κ2) is 7.24. The van der Waals surface area contributed by atoms with Crippen LogP contribution in [0, 0.1) is 6.92 Å². The lowest BCUT2D eigenvalue weighted by Crippen LogP contribution is -2.37. The molecule has 0 fully saturated rings. The molecule has 0 aliphatic carbocycles. The molecule has 1 aromatic carbocycles. The molecule has 1 rings (SSSR count). The van der Waals surface area contributed by atoms with Gasteiger partial charge in [0.05, 0.1) is 0 Å². The zero-order valence-electron chi connectivity index (χ0n) is 10.7. The van der Waals surface area contributed by atoms with E-state index in [-0.39, 0.29) is 5.91 Å². The van der Waals surface area contributed by atoms with Crippen molar-refractivity contribution in [1.29, 1.82) is 0 Å². The Morgan fingerprint density at radius 3 is 2.89 bits per heavy atom. The zero-order valence-corrected chi connectivity index (χ0v) is 11.5. The molecule has 1 atom stereocenters. The molecule has 100 valence electrons. The molecule has 4 nitrogen and oxygen atoms in total. The Hall–Kier alpha value is -1.26. The van der Waals surface area contributed by atoms with Gasteiger partial charge in [-0.05, 0) is 50.6 Å². The summed E-state index contributed by atoms with van der Waals surface area (Å²) in [5.41, 5.74) is 6.27. The van der Waals surface area contributed by atoms with Crippen LogP contribution in [-0.2, 0) is 4.79 Å². The maximum atomic E-state index is 11.7. The first-order valence-corrected chi connectivity index (χ1v) is 6.33. The molecular formula is C13H19ClN2O2. The Morgan fingerprint density at radius 2 is 2.28 bits per heavy atom. The number of ether oxygens (including phenoxy) is 1. The zero-order chi connectivity index (χ0) is 13.5. The van der Waals surface area contributed by atoms with E-state index in [1.54, 1.807) is 19.1 Å². The predicted octanol–water partition coefficient (Wildman–Crippen LogP) is 1.88. The van der Waals surface area contributed by atoms with Gasteiger partial charge in [0.1, 0.15) is 5.75 Å². The number of nitrogens with two attached hydrogens (primary N) is 1. The molecule has 3 N–H and O–H groups in total. The maximum Gasteiger partial charge on any atom is 0.260 e. The maximum absolute atomic E-state index is 11.7. The van der Waals surface area contributed by atoms with E-state index < -0.39 is 6.10 Å². The quantitative estimate of drug-likeness (QED) is 0.776. The highest BCUT2D eigenvalue weighted by atomic mass is 35.5. The highest BCUT2D eigenvalue weighted by Crippen LogP contribution is 2.21. The number of amides is 1. The summed E-state index contributed by atoms with van der Waals surface area (Å²) in [6, 6.07) is 5.32. The van der Waals surface area contributed by atoms with Crippen molar-refractivity contribution in [2.75, 3.05) is 13.1 Å². The minimum absolute atomic E-state index is 0.143. The molecule has 0 spiro atoms. The van der Waals surface area contributed by atoms with Crippen LogP contribution in [0.2, 0.25) is 5.02 Å². The molecule has 0 aliphatic rings. The molecule has 0 radical (unpaired) electrons. The first-order valence-electron chi connectivity index (χ1n) is 5.95. The van der Waals surface area contributed by atoms with Crippen LogP contribution in [0.5, 0.6) is 5.75 Å².